The average molecular weight is 744 g/mol. The van der Waals surface area contributed by atoms with Gasteiger partial charge in [-0.25, -0.2) is 14.8 Å². The first-order valence-corrected chi connectivity index (χ1v) is 22.4. The number of rotatable bonds is 30. The first-order valence-electron chi connectivity index (χ1n) is 10.2. The minimum absolute atomic E-state index is 0.111. The first kappa shape index (κ1) is 39.9. The van der Waals surface area contributed by atoms with Crippen molar-refractivity contribution in [2.45, 2.75) is 0 Å². The Labute approximate surface area is 273 Å². The summed E-state index contributed by atoms with van der Waals surface area (Å²) >= 11 is 20.6. The second kappa shape index (κ2) is 37.0. The molecule has 1 amide bonds. The van der Waals surface area contributed by atoms with Crippen molar-refractivity contribution < 1.29 is 34.2 Å². The Hall–Kier alpha value is 1.94. The summed E-state index contributed by atoms with van der Waals surface area (Å²) in [5.74, 6) is 2.82. The topological polar surface area (TPSA) is 120 Å². The fourth-order valence-electron chi connectivity index (χ4n) is 1.38. The van der Waals surface area contributed by atoms with Crippen LogP contribution in [0.3, 0.4) is 0 Å². The Bertz CT molecular complexity index is 564. The van der Waals surface area contributed by atoms with Crippen LogP contribution in [0.5, 0.6) is 0 Å². The van der Waals surface area contributed by atoms with Crippen LogP contribution in [0.15, 0.2) is 9.98 Å². The van der Waals surface area contributed by atoms with Gasteiger partial charge in [0.2, 0.25) is 12.8 Å². The van der Waals surface area contributed by atoms with Gasteiger partial charge < -0.3 is 24.9 Å². The number of aliphatic hydroxyl groups excluding tert-OH is 1. The van der Waals surface area contributed by atoms with Crippen LogP contribution in [-0.2, 0) is 24.3 Å². The summed E-state index contributed by atoms with van der Waals surface area (Å²) < 4.78 is 5.15. The lowest BCUT2D eigenvalue weighted by molar-refractivity contribution is -0.196. The van der Waals surface area contributed by atoms with Crippen LogP contribution in [0.25, 0.3) is 0 Å². The van der Waals surface area contributed by atoms with Crippen molar-refractivity contribution in [2.75, 3.05) is 77.0 Å². The lowest BCUT2D eigenvalue weighted by atomic mass is 11.1. The van der Waals surface area contributed by atoms with E-state index < -0.39 is 0 Å². The summed E-state index contributed by atoms with van der Waals surface area (Å²) in [6, 6.07) is 0. The minimum atomic E-state index is -0.382. The van der Waals surface area contributed by atoms with Gasteiger partial charge >= 0.3 is 6.09 Å². The fraction of sp³-hybridized carbons (Fsp3) is 0.824. The summed E-state index contributed by atoms with van der Waals surface area (Å²) in [5, 5.41) is 17.7. The van der Waals surface area contributed by atoms with Crippen LogP contribution in [0.1, 0.15) is 0 Å². The van der Waals surface area contributed by atoms with Crippen LogP contribution in [0.2, 0.25) is 0 Å². The van der Waals surface area contributed by atoms with E-state index in [-0.39, 0.29) is 12.0 Å². The number of carbonyl (C=O) groups excluding carboxylic acids is 1. The van der Waals surface area contributed by atoms with Crippen molar-refractivity contribution in [1.82, 2.24) is 5.32 Å². The molecule has 0 unspecified atom stereocenters. The second-order valence-electron chi connectivity index (χ2n) is 5.38. The summed E-state index contributed by atoms with van der Waals surface area (Å²) in [5.41, 5.74) is 0. The predicted octanol–water partition coefficient (Wildman–Crippen LogP) is 6.32. The molecule has 38 heavy (non-hydrogen) atoms. The maximum atomic E-state index is 11.7. The Morgan fingerprint density at radius 1 is 0.711 bits per heavy atom. The molecule has 0 saturated carbocycles. The molecular formula is C17H33N3O7S11. The maximum absolute atomic E-state index is 11.7. The number of alkyl carbamates (subject to hydrolysis) is 1. The minimum Gasteiger partial charge on any atom is -0.438 e. The highest BCUT2D eigenvalue weighted by Crippen LogP contribution is 2.22. The zero-order valence-electron chi connectivity index (χ0n) is 20.4. The van der Waals surface area contributed by atoms with Crippen LogP contribution < -0.4 is 5.32 Å². The smallest absolute Gasteiger partial charge is 0.408 e. The molecule has 0 atom stereocenters. The van der Waals surface area contributed by atoms with E-state index in [4.69, 9.17) is 29.4 Å². The molecule has 224 valence electrons. The summed E-state index contributed by atoms with van der Waals surface area (Å²) in [7, 11) is 0. The Morgan fingerprint density at radius 3 is 1.87 bits per heavy atom. The standard InChI is InChI=1S/C17H33N3O7S11/c21-6-31-12-33-8-27-25-2-19-4-29-10-35-15-36-11-30-5-20-17(22)23-7-32-13-37-16-38-14-34-9-26-24-1-18-3-28/h1-2,21,28H,3-16H2,(H,20,22)/b18-1+,19-2+. The lowest BCUT2D eigenvalue weighted by Gasteiger charge is -2.07. The van der Waals surface area contributed by atoms with Crippen molar-refractivity contribution in [3.8, 4) is 0 Å². The molecule has 0 aliphatic rings. The normalized spacial score (nSPS) is 11.4. The molecule has 0 bridgehead atoms. The summed E-state index contributed by atoms with van der Waals surface area (Å²) in [6.07, 6.45) is 2.16. The van der Waals surface area contributed by atoms with Gasteiger partial charge in [-0.05, 0) is 0 Å². The van der Waals surface area contributed by atoms with Gasteiger partial charge in [-0.15, -0.1) is 118 Å². The Balaban J connectivity index is 3.20. The third-order valence-corrected chi connectivity index (χ3v) is 13.9. The highest BCUT2D eigenvalue weighted by atomic mass is 32.3. The number of hydrogen-bond donors (Lipinski definition) is 3. The molecule has 0 radical (unpaired) electrons. The van der Waals surface area contributed by atoms with Gasteiger partial charge in [0.1, 0.15) is 17.8 Å². The number of thiol groups is 1. The number of thioether (sulfide) groups is 10. The molecule has 0 aromatic heterocycles. The number of nitrogens with zero attached hydrogens (tertiary/aromatic N) is 2. The van der Waals surface area contributed by atoms with Crippen LogP contribution >= 0.6 is 130 Å². The molecule has 0 fully saturated rings. The van der Waals surface area contributed by atoms with Crippen LogP contribution in [0.4, 0.5) is 4.79 Å². The number of nitrogens with one attached hydrogen (secondary N) is 1. The summed E-state index contributed by atoms with van der Waals surface area (Å²) in [4.78, 5) is 38.8. The maximum Gasteiger partial charge on any atom is 0.408 e. The molecule has 21 heteroatoms. The monoisotopic (exact) mass is 743 g/mol. The number of aliphatic hydroxyl groups is 1. The van der Waals surface area contributed by atoms with Crippen molar-refractivity contribution in [2.24, 2.45) is 9.98 Å². The molecule has 2 N–H and O–H groups in total. The molecule has 0 spiro atoms. The van der Waals surface area contributed by atoms with E-state index in [2.05, 4.69) is 27.9 Å². The van der Waals surface area contributed by atoms with Crippen LogP contribution in [0, 0.1) is 0 Å². The number of carbonyl (C=O) groups is 1. The molecule has 0 saturated heterocycles. The molecule has 10 nitrogen and oxygen atoms in total. The molecular weight excluding hydrogens is 711 g/mol. The third kappa shape index (κ3) is 36.0. The van der Waals surface area contributed by atoms with Gasteiger partial charge in [0.15, 0.2) is 0 Å². The van der Waals surface area contributed by atoms with E-state index in [0.29, 0.717) is 35.4 Å². The SMILES string of the molecule is O=C(NCSCSCSCSC/N=C/OOCSCSCO)OCSCSCSCSCOO/C=N/CS. The number of hydrogen-bond acceptors (Lipinski definition) is 20. The predicted molar refractivity (Wildman–Crippen MR) is 186 cm³/mol. The van der Waals surface area contributed by atoms with E-state index in [1.54, 1.807) is 70.6 Å². The van der Waals surface area contributed by atoms with E-state index in [1.165, 1.54) is 36.3 Å². The largest absolute Gasteiger partial charge is 0.438 e. The van der Waals surface area contributed by atoms with Gasteiger partial charge in [-0.3, -0.25) is 0 Å². The quantitative estimate of drug-likeness (QED) is 0.0145. The third-order valence-electron chi connectivity index (χ3n) is 2.73. The highest BCUT2D eigenvalue weighted by molar-refractivity contribution is 8.26. The van der Waals surface area contributed by atoms with Crippen molar-refractivity contribution >= 4 is 149 Å². The van der Waals surface area contributed by atoms with Gasteiger partial charge in [0.05, 0.1) is 23.6 Å². The van der Waals surface area contributed by atoms with Crippen molar-refractivity contribution in [3.63, 3.8) is 0 Å². The fourth-order valence-corrected chi connectivity index (χ4v) is 10.9. The van der Waals surface area contributed by atoms with Gasteiger partial charge in [-0.2, -0.15) is 22.4 Å². The van der Waals surface area contributed by atoms with Crippen molar-refractivity contribution in [1.29, 1.82) is 0 Å². The van der Waals surface area contributed by atoms with Crippen LogP contribution in [-0.4, -0.2) is 101 Å². The van der Waals surface area contributed by atoms with E-state index in [1.807, 2.05) is 23.5 Å². The lowest BCUT2D eigenvalue weighted by Crippen LogP contribution is -2.23. The number of amides is 1. The molecule has 0 aliphatic heterocycles. The van der Waals surface area contributed by atoms with Gasteiger partial charge in [0.25, 0.3) is 0 Å². The highest BCUT2D eigenvalue weighted by Gasteiger charge is 2.01. The van der Waals surface area contributed by atoms with Gasteiger partial charge in [-0.1, -0.05) is 0 Å². The van der Waals surface area contributed by atoms with E-state index >= 15 is 0 Å². The Morgan fingerprint density at radius 2 is 1.24 bits per heavy atom. The number of aliphatic imine (C=N–C) groups is 2. The average Bonchev–Trinajstić information content (AvgIpc) is 2.92. The molecule has 0 aromatic carbocycles. The molecule has 0 rings (SSSR count). The van der Waals surface area contributed by atoms with Gasteiger partial charge in [0, 0.05) is 35.6 Å². The Kier molecular flexibility index (Phi) is 38.9. The number of ether oxygens (including phenoxy) is 1. The molecule has 0 aromatic rings. The second-order valence-corrected chi connectivity index (χ2v) is 17.9. The zero-order chi connectivity index (χ0) is 27.6. The first-order chi connectivity index (χ1) is 18.8. The summed E-state index contributed by atoms with van der Waals surface area (Å²) in [6.45, 7) is 0. The zero-order valence-corrected chi connectivity index (χ0v) is 29.4. The van der Waals surface area contributed by atoms with Crippen molar-refractivity contribution in [3.05, 3.63) is 0 Å². The van der Waals surface area contributed by atoms with E-state index in [9.17, 15) is 4.79 Å². The van der Waals surface area contributed by atoms with E-state index in [0.717, 1.165) is 35.6 Å². The molecule has 0 aliphatic carbocycles. The molecule has 0 heterocycles.